The van der Waals surface area contributed by atoms with E-state index in [1.165, 1.54) is 11.3 Å². The molecule has 1 atom stereocenters. The molecule has 0 saturated heterocycles. The minimum absolute atomic E-state index is 0.151. The lowest BCUT2D eigenvalue weighted by Gasteiger charge is -2.13. The van der Waals surface area contributed by atoms with Gasteiger partial charge in [0.05, 0.1) is 18.1 Å². The number of aromatic nitrogens is 1. The standard InChI is InChI=1S/C22H25NO3S/c1-3-26-14-13-20-15-22(19-11-9-18(10-12-19)16-27(24)25)23(17(20)2)21-7-5-4-6-8-21/h4-12,15H,3,13-14,16H2,1-2H3,(H,24,25). The normalized spacial score (nSPS) is 12.3. The molecule has 0 spiro atoms. The number of nitrogens with zero attached hydrogens (tertiary/aromatic N) is 1. The summed E-state index contributed by atoms with van der Waals surface area (Å²) in [7, 11) is 0. The van der Waals surface area contributed by atoms with Gasteiger partial charge >= 0.3 is 0 Å². The molecule has 2 aromatic carbocycles. The molecule has 5 heteroatoms. The van der Waals surface area contributed by atoms with Crippen molar-refractivity contribution in [3.05, 3.63) is 77.5 Å². The first-order valence-corrected chi connectivity index (χ1v) is 10.4. The van der Waals surface area contributed by atoms with Crippen molar-refractivity contribution >= 4 is 11.1 Å². The Balaban J connectivity index is 2.02. The van der Waals surface area contributed by atoms with Gasteiger partial charge in [-0.05, 0) is 55.2 Å². The Kier molecular flexibility index (Phi) is 6.61. The van der Waals surface area contributed by atoms with Crippen LogP contribution in [0, 0.1) is 6.92 Å². The van der Waals surface area contributed by atoms with E-state index in [1.807, 2.05) is 49.4 Å². The number of benzene rings is 2. The van der Waals surface area contributed by atoms with Crippen LogP contribution in [0.1, 0.15) is 23.7 Å². The Morgan fingerprint density at radius 3 is 2.41 bits per heavy atom. The van der Waals surface area contributed by atoms with Crippen molar-refractivity contribution in [2.24, 2.45) is 0 Å². The molecule has 1 aromatic heterocycles. The van der Waals surface area contributed by atoms with Crippen LogP contribution < -0.4 is 0 Å². The molecule has 0 aliphatic carbocycles. The lowest BCUT2D eigenvalue weighted by atomic mass is 10.1. The second kappa shape index (κ2) is 9.13. The summed E-state index contributed by atoms with van der Waals surface area (Å²) in [6, 6.07) is 20.4. The Bertz CT molecular complexity index is 901. The lowest BCUT2D eigenvalue weighted by Crippen LogP contribution is -2.02. The Labute approximate surface area is 163 Å². The highest BCUT2D eigenvalue weighted by atomic mass is 32.2. The molecule has 0 fully saturated rings. The largest absolute Gasteiger partial charge is 0.381 e. The molecule has 3 rings (SSSR count). The summed E-state index contributed by atoms with van der Waals surface area (Å²) in [6.07, 6.45) is 0.869. The summed E-state index contributed by atoms with van der Waals surface area (Å²) in [5, 5.41) is 0. The van der Waals surface area contributed by atoms with Gasteiger partial charge in [-0.25, -0.2) is 4.21 Å². The highest BCUT2D eigenvalue weighted by molar-refractivity contribution is 7.78. The SMILES string of the molecule is CCOCCc1cc(-c2ccc(CS(=O)O)cc2)n(-c2ccccc2)c1C. The molecular weight excluding hydrogens is 358 g/mol. The zero-order chi connectivity index (χ0) is 19.2. The average Bonchev–Trinajstić information content (AvgIpc) is 2.99. The first-order chi connectivity index (χ1) is 13.1. The molecule has 4 nitrogen and oxygen atoms in total. The van der Waals surface area contributed by atoms with Crippen molar-refractivity contribution < 1.29 is 13.5 Å². The van der Waals surface area contributed by atoms with Crippen LogP contribution in [0.4, 0.5) is 0 Å². The zero-order valence-corrected chi connectivity index (χ0v) is 16.5. The third-order valence-corrected chi connectivity index (χ3v) is 5.21. The maximum atomic E-state index is 11.0. The third-order valence-electron chi connectivity index (χ3n) is 4.63. The minimum Gasteiger partial charge on any atom is -0.381 e. The van der Waals surface area contributed by atoms with E-state index >= 15 is 0 Å². The fourth-order valence-electron chi connectivity index (χ4n) is 3.27. The van der Waals surface area contributed by atoms with Crippen molar-refractivity contribution in [3.63, 3.8) is 0 Å². The van der Waals surface area contributed by atoms with Crippen molar-refractivity contribution in [3.8, 4) is 16.9 Å². The van der Waals surface area contributed by atoms with Gasteiger partial charge in [-0.3, -0.25) is 0 Å². The van der Waals surface area contributed by atoms with E-state index < -0.39 is 11.1 Å². The van der Waals surface area contributed by atoms with Gasteiger partial charge in [0.15, 0.2) is 11.1 Å². The van der Waals surface area contributed by atoms with E-state index in [0.717, 1.165) is 35.5 Å². The highest BCUT2D eigenvalue weighted by Gasteiger charge is 2.15. The molecular formula is C22H25NO3S. The smallest absolute Gasteiger partial charge is 0.157 e. The van der Waals surface area contributed by atoms with Gasteiger partial charge in [-0.2, -0.15) is 0 Å². The van der Waals surface area contributed by atoms with Gasteiger partial charge in [0.2, 0.25) is 0 Å². The van der Waals surface area contributed by atoms with Gasteiger partial charge in [0.25, 0.3) is 0 Å². The predicted octanol–water partition coefficient (Wildman–Crippen LogP) is 4.75. The van der Waals surface area contributed by atoms with Gasteiger partial charge in [0.1, 0.15) is 0 Å². The van der Waals surface area contributed by atoms with Gasteiger partial charge in [-0.15, -0.1) is 0 Å². The average molecular weight is 384 g/mol. The van der Waals surface area contributed by atoms with Crippen molar-refractivity contribution in [1.29, 1.82) is 0 Å². The van der Waals surface area contributed by atoms with E-state index in [0.29, 0.717) is 6.61 Å². The minimum atomic E-state index is -1.83. The molecule has 0 bridgehead atoms. The van der Waals surface area contributed by atoms with Crippen LogP contribution in [0.3, 0.4) is 0 Å². The summed E-state index contributed by atoms with van der Waals surface area (Å²) in [6.45, 7) is 5.57. The van der Waals surface area contributed by atoms with Crippen molar-refractivity contribution in [2.75, 3.05) is 13.2 Å². The molecule has 142 valence electrons. The predicted molar refractivity (Wildman–Crippen MR) is 111 cm³/mol. The fraction of sp³-hybridized carbons (Fsp3) is 0.273. The van der Waals surface area contributed by atoms with Gasteiger partial charge in [0, 0.05) is 18.0 Å². The fourth-order valence-corrected chi connectivity index (χ4v) is 3.75. The summed E-state index contributed by atoms with van der Waals surface area (Å²) in [4.78, 5) is 0. The molecule has 0 amide bonds. The summed E-state index contributed by atoms with van der Waals surface area (Å²) in [5.41, 5.74) is 6.64. The van der Waals surface area contributed by atoms with E-state index in [4.69, 9.17) is 9.29 Å². The summed E-state index contributed by atoms with van der Waals surface area (Å²) >= 11 is -1.83. The van der Waals surface area contributed by atoms with E-state index in [9.17, 15) is 4.21 Å². The van der Waals surface area contributed by atoms with Gasteiger partial charge in [-0.1, -0.05) is 42.5 Å². The monoisotopic (exact) mass is 383 g/mol. The quantitative estimate of drug-likeness (QED) is 0.451. The molecule has 0 radical (unpaired) electrons. The Hall–Kier alpha value is -2.21. The van der Waals surface area contributed by atoms with Crippen molar-refractivity contribution in [1.82, 2.24) is 4.57 Å². The van der Waals surface area contributed by atoms with Crippen LogP contribution in [0.25, 0.3) is 16.9 Å². The van der Waals surface area contributed by atoms with E-state index in [1.54, 1.807) is 0 Å². The summed E-state index contributed by atoms with van der Waals surface area (Å²) < 4.78 is 27.9. The van der Waals surface area contributed by atoms with Crippen LogP contribution >= 0.6 is 0 Å². The third kappa shape index (κ3) is 4.75. The molecule has 1 N–H and O–H groups in total. The summed E-state index contributed by atoms with van der Waals surface area (Å²) in [5.74, 6) is 0.151. The van der Waals surface area contributed by atoms with E-state index in [-0.39, 0.29) is 5.75 Å². The molecule has 1 unspecified atom stereocenters. The Morgan fingerprint density at radius 1 is 1.07 bits per heavy atom. The number of ether oxygens (including phenoxy) is 1. The topological polar surface area (TPSA) is 51.5 Å². The zero-order valence-electron chi connectivity index (χ0n) is 15.7. The molecule has 27 heavy (non-hydrogen) atoms. The van der Waals surface area contributed by atoms with Gasteiger partial charge < -0.3 is 13.9 Å². The van der Waals surface area contributed by atoms with Crippen LogP contribution in [-0.2, 0) is 28.0 Å². The molecule has 0 aliphatic rings. The van der Waals surface area contributed by atoms with Crippen LogP contribution in [0.2, 0.25) is 0 Å². The van der Waals surface area contributed by atoms with Crippen molar-refractivity contribution in [2.45, 2.75) is 26.0 Å². The number of hydrogen-bond acceptors (Lipinski definition) is 2. The van der Waals surface area contributed by atoms with Crippen LogP contribution in [0.15, 0.2) is 60.7 Å². The second-order valence-corrected chi connectivity index (χ2v) is 7.35. The number of hydrogen-bond donors (Lipinski definition) is 1. The molecule has 3 aromatic rings. The first-order valence-electron chi connectivity index (χ1n) is 9.11. The molecule has 0 saturated carbocycles. The highest BCUT2D eigenvalue weighted by Crippen LogP contribution is 2.30. The number of para-hydroxylation sites is 1. The second-order valence-electron chi connectivity index (χ2n) is 6.42. The lowest BCUT2D eigenvalue weighted by molar-refractivity contribution is 0.151. The van der Waals surface area contributed by atoms with Crippen LogP contribution in [0.5, 0.6) is 0 Å². The Morgan fingerprint density at radius 2 is 1.78 bits per heavy atom. The maximum absolute atomic E-state index is 11.0. The maximum Gasteiger partial charge on any atom is 0.157 e. The first kappa shape index (κ1) is 19.5. The molecule has 1 heterocycles. The van der Waals surface area contributed by atoms with Crippen LogP contribution in [-0.4, -0.2) is 26.5 Å². The molecule has 0 aliphatic heterocycles. The van der Waals surface area contributed by atoms with E-state index in [2.05, 4.69) is 29.7 Å². The number of rotatable bonds is 8.